The van der Waals surface area contributed by atoms with Crippen LogP contribution in [0.1, 0.15) is 0 Å². The normalized spacial score (nSPS) is 4.40. The third-order valence-corrected chi connectivity index (χ3v) is 0.707. The second-order valence-electron chi connectivity index (χ2n) is 0.471. The molecule has 0 fully saturated rings. The van der Waals surface area contributed by atoms with Crippen molar-refractivity contribution in [1.29, 1.82) is 0 Å². The van der Waals surface area contributed by atoms with E-state index < -0.39 is 0 Å². The fraction of sp³-hybridized carbons (Fsp3) is 1.00. The molecule has 0 amide bonds. The van der Waals surface area contributed by atoms with Crippen LogP contribution in [-0.4, -0.2) is 22.7 Å². The van der Waals surface area contributed by atoms with E-state index in [1.807, 2.05) is 5.79 Å². The first-order valence-corrected chi connectivity index (χ1v) is 2.85. The van der Waals surface area contributed by atoms with Crippen molar-refractivity contribution in [2.24, 2.45) is 0 Å². The fourth-order valence-electron chi connectivity index (χ4n) is 0. The van der Waals surface area contributed by atoms with E-state index >= 15 is 0 Å². The molecule has 0 aliphatic rings. The molecule has 0 radical (unpaired) electrons. The summed E-state index contributed by atoms with van der Waals surface area (Å²) in [6.07, 6.45) is 0. The van der Waals surface area contributed by atoms with Gasteiger partial charge in [0.2, 0.25) is 0 Å². The molecule has 0 spiro atoms. The Morgan fingerprint density at radius 3 is 1.80 bits per heavy atom. The Morgan fingerprint density at radius 1 is 1.60 bits per heavy atom. The summed E-state index contributed by atoms with van der Waals surface area (Å²) in [5, 5.41) is 0. The smallest absolute Gasteiger partial charge is 1.00 e. The van der Waals surface area contributed by atoms with Crippen LogP contribution in [0.4, 0.5) is 0 Å². The summed E-state index contributed by atoms with van der Waals surface area (Å²) in [4.78, 5) is 0. The minimum atomic E-state index is 0. The summed E-state index contributed by atoms with van der Waals surface area (Å²) in [7, 11) is 1.72. The molecule has 0 atom stereocenters. The third kappa shape index (κ3) is 11.7. The summed E-state index contributed by atoms with van der Waals surface area (Å²) in [5.41, 5.74) is 0. The van der Waals surface area contributed by atoms with Crippen LogP contribution >= 0.6 is 0 Å². The number of rotatable bonds is 1. The van der Waals surface area contributed by atoms with Crippen LogP contribution in [0.3, 0.4) is 0 Å². The van der Waals surface area contributed by atoms with E-state index in [0.29, 0.717) is 0 Å². The maximum absolute atomic E-state index is 4.62. The van der Waals surface area contributed by atoms with Gasteiger partial charge in [0.15, 0.2) is 0 Å². The van der Waals surface area contributed by atoms with Crippen LogP contribution in [0.15, 0.2) is 0 Å². The first-order valence-electron chi connectivity index (χ1n) is 1.22. The van der Waals surface area contributed by atoms with E-state index in [9.17, 15) is 0 Å². The van der Waals surface area contributed by atoms with Crippen molar-refractivity contribution in [3.05, 3.63) is 0 Å². The molecule has 1 nitrogen and oxygen atoms in total. The molecule has 0 aliphatic heterocycles. The van der Waals surface area contributed by atoms with Crippen molar-refractivity contribution in [3.8, 4) is 0 Å². The zero-order valence-electron chi connectivity index (χ0n) is 3.36. The second kappa shape index (κ2) is 8.84. The Morgan fingerprint density at radius 2 is 1.80 bits per heavy atom. The van der Waals surface area contributed by atoms with Gasteiger partial charge in [-0.05, 0) is 0 Å². The maximum Gasteiger partial charge on any atom is -1.00 e. The molecule has 0 aromatic carbocycles. The minimum absolute atomic E-state index is 0. The van der Waals surface area contributed by atoms with Gasteiger partial charge in [0.1, 0.15) is 0 Å². The Kier molecular flexibility index (Phi) is 16.3. The number of hydrogen-bond acceptors (Lipinski definition) is 1. The van der Waals surface area contributed by atoms with Crippen LogP contribution < -0.4 is 12.4 Å². The molecule has 3 heteroatoms. The number of hydrogen-bond donors (Lipinski definition) is 0. The van der Waals surface area contributed by atoms with E-state index in [-0.39, 0.29) is 28.0 Å². The molecule has 0 heterocycles. The van der Waals surface area contributed by atoms with Gasteiger partial charge in [0.25, 0.3) is 0 Å². The Balaban J connectivity index is 0. The average Bonchev–Trinajstić information content (AvgIpc) is 1.37. The van der Waals surface area contributed by atoms with Gasteiger partial charge in [-0.1, -0.05) is 0 Å². The predicted molar refractivity (Wildman–Crippen MR) is 18.6 cm³/mol. The molecule has 0 N–H and O–H groups in total. The summed E-state index contributed by atoms with van der Waals surface area (Å²) in [6.45, 7) is 0. The van der Waals surface area contributed by atoms with Gasteiger partial charge in [-0.15, -0.1) is 0 Å². The van der Waals surface area contributed by atoms with Crippen molar-refractivity contribution in [2.75, 3.05) is 7.11 Å². The van der Waals surface area contributed by atoms with Gasteiger partial charge < -0.3 is 12.4 Å². The zero-order valence-corrected chi connectivity index (χ0v) is 5.27. The molecule has 5 heavy (non-hydrogen) atoms. The molecular weight excluding hydrogens is 102 g/mol. The summed E-state index contributed by atoms with van der Waals surface area (Å²) in [5.74, 6) is 2.04. The quantitative estimate of drug-likeness (QED) is 0.332. The molecule has 0 saturated carbocycles. The molecule has 0 aromatic rings. The minimum Gasteiger partial charge on any atom is -1.00 e. The van der Waals surface area contributed by atoms with Gasteiger partial charge in [-0.3, -0.25) is 0 Å². The maximum atomic E-state index is 4.62. The van der Waals surface area contributed by atoms with Gasteiger partial charge in [0.05, 0.1) is 0 Å². The first kappa shape index (κ1) is 9.24. The van der Waals surface area contributed by atoms with Gasteiger partial charge >= 0.3 is 32.2 Å². The Bertz CT molecular complexity index is 11.6. The topological polar surface area (TPSA) is 9.23 Å². The van der Waals surface area contributed by atoms with E-state index in [1.165, 1.54) is 0 Å². The zero-order chi connectivity index (χ0) is 3.41. The summed E-state index contributed by atoms with van der Waals surface area (Å²) in [6, 6.07) is 0. The van der Waals surface area contributed by atoms with Crippen LogP contribution in [0.2, 0.25) is 5.79 Å². The molecule has 0 saturated heterocycles. The summed E-state index contributed by atoms with van der Waals surface area (Å²) < 4.78 is 4.62. The number of halogens is 1. The van der Waals surface area contributed by atoms with E-state index in [2.05, 4.69) is 3.79 Å². The van der Waals surface area contributed by atoms with Crippen molar-refractivity contribution >= 4 is 15.6 Å². The molecular formula is C2H6AlClO. The molecule has 0 aliphatic carbocycles. The van der Waals surface area contributed by atoms with Crippen LogP contribution in [-0.2, 0) is 3.79 Å². The van der Waals surface area contributed by atoms with E-state index in [0.717, 1.165) is 0 Å². The molecule has 30 valence electrons. The van der Waals surface area contributed by atoms with Crippen molar-refractivity contribution < 1.29 is 16.2 Å². The standard InChI is InChI=1S/CH3O.CH3.Al.ClH/c1-2;;;/h1H3;1H3;;1H/q-1;;+2;/p-1. The summed E-state index contributed by atoms with van der Waals surface area (Å²) >= 11 is 0.282. The molecule has 0 rings (SSSR count). The average molecular weight is 109 g/mol. The van der Waals surface area contributed by atoms with Gasteiger partial charge in [-0.25, -0.2) is 0 Å². The van der Waals surface area contributed by atoms with Crippen molar-refractivity contribution in [1.82, 2.24) is 0 Å². The second-order valence-corrected chi connectivity index (χ2v) is 1.41. The Hall–Kier alpha value is 0.782. The largest absolute Gasteiger partial charge is 1.00 e. The third-order valence-electron chi connectivity index (χ3n) is 0.236. The van der Waals surface area contributed by atoms with Gasteiger partial charge in [-0.2, -0.15) is 0 Å². The van der Waals surface area contributed by atoms with Gasteiger partial charge in [0, 0.05) is 0 Å². The predicted octanol–water partition coefficient (Wildman–Crippen LogP) is -2.70. The van der Waals surface area contributed by atoms with Crippen LogP contribution in [0, 0.1) is 0 Å². The SMILES string of the molecule is C[O][Al+][CH3].[Cl-]. The van der Waals surface area contributed by atoms with Crippen LogP contribution in [0.5, 0.6) is 0 Å². The van der Waals surface area contributed by atoms with Crippen molar-refractivity contribution in [2.45, 2.75) is 5.79 Å². The molecule has 0 aromatic heterocycles. The molecule has 0 unspecified atom stereocenters. The van der Waals surface area contributed by atoms with Crippen molar-refractivity contribution in [3.63, 3.8) is 0 Å². The van der Waals surface area contributed by atoms with Crippen LogP contribution in [0.25, 0.3) is 0 Å². The van der Waals surface area contributed by atoms with E-state index in [4.69, 9.17) is 0 Å². The monoisotopic (exact) mass is 108 g/mol. The Labute approximate surface area is 45.2 Å². The first-order chi connectivity index (χ1) is 1.91. The molecule has 0 bridgehead atoms. The van der Waals surface area contributed by atoms with E-state index in [1.54, 1.807) is 7.11 Å². The fourth-order valence-corrected chi connectivity index (χ4v) is 0.